The Morgan fingerprint density at radius 2 is 2.00 bits per heavy atom. The zero-order valence-corrected chi connectivity index (χ0v) is 14.9. The number of carbonyl (C=O) groups excluding carboxylic acids is 1. The number of aromatic nitrogens is 1. The molecule has 6 nitrogen and oxygen atoms in total. The lowest BCUT2D eigenvalue weighted by Crippen LogP contribution is -2.49. The zero-order chi connectivity index (χ0) is 17.9. The van der Waals surface area contributed by atoms with E-state index in [4.69, 9.17) is 21.1 Å². The molecule has 0 atom stereocenters. The lowest BCUT2D eigenvalue weighted by molar-refractivity contribution is -0.364. The van der Waals surface area contributed by atoms with Crippen LogP contribution >= 0.6 is 11.6 Å². The van der Waals surface area contributed by atoms with Gasteiger partial charge in [-0.2, -0.15) is 0 Å². The fraction of sp³-hybridized carbons (Fsp3) is 0.263. The second-order valence-electron chi connectivity index (χ2n) is 6.13. The van der Waals surface area contributed by atoms with E-state index in [1.54, 1.807) is 18.2 Å². The maximum atomic E-state index is 12.5. The van der Waals surface area contributed by atoms with Crippen LogP contribution in [0.15, 0.2) is 42.6 Å². The van der Waals surface area contributed by atoms with E-state index in [9.17, 15) is 4.79 Å². The smallest absolute Gasteiger partial charge is 0.274 e. The van der Waals surface area contributed by atoms with Crippen LogP contribution < -0.4 is 19.4 Å². The van der Waals surface area contributed by atoms with E-state index in [0.717, 1.165) is 24.5 Å². The number of halogens is 1. The molecular formula is C19H19ClN3O3+. The summed E-state index contributed by atoms with van der Waals surface area (Å²) in [5.74, 6) is 2.24. The highest BCUT2D eigenvalue weighted by Crippen LogP contribution is 2.40. The number of benzene rings is 1. The zero-order valence-electron chi connectivity index (χ0n) is 14.2. The van der Waals surface area contributed by atoms with E-state index in [-0.39, 0.29) is 12.7 Å². The van der Waals surface area contributed by atoms with Gasteiger partial charge in [0.05, 0.1) is 24.3 Å². The van der Waals surface area contributed by atoms with Gasteiger partial charge in [0.2, 0.25) is 12.7 Å². The number of H-pyrrole nitrogens is 1. The Balaban J connectivity index is 1.37. The van der Waals surface area contributed by atoms with Gasteiger partial charge >= 0.3 is 0 Å². The minimum Gasteiger partial charge on any atom is -0.454 e. The number of piperazine rings is 1. The van der Waals surface area contributed by atoms with E-state index < -0.39 is 0 Å². The van der Waals surface area contributed by atoms with Crippen LogP contribution in [-0.2, 0) is 4.79 Å². The molecule has 0 unspecified atom stereocenters. The molecule has 1 N–H and O–H groups in total. The predicted molar refractivity (Wildman–Crippen MR) is 98.4 cm³/mol. The number of ether oxygens (including phenoxy) is 2. The first-order valence-corrected chi connectivity index (χ1v) is 8.86. The first-order chi connectivity index (χ1) is 12.7. The van der Waals surface area contributed by atoms with Gasteiger partial charge in [0.15, 0.2) is 11.5 Å². The Hall–Kier alpha value is -2.73. The van der Waals surface area contributed by atoms with Crippen molar-refractivity contribution >= 4 is 29.4 Å². The summed E-state index contributed by atoms with van der Waals surface area (Å²) < 4.78 is 10.6. The van der Waals surface area contributed by atoms with Gasteiger partial charge in [0.25, 0.3) is 5.82 Å². The topological polar surface area (TPSA) is 56.2 Å². The number of nitrogens with one attached hydrogen (secondary N) is 1. The van der Waals surface area contributed by atoms with Crippen LogP contribution in [0.2, 0.25) is 5.02 Å². The van der Waals surface area contributed by atoms with Crippen molar-refractivity contribution in [3.05, 3.63) is 53.2 Å². The molecule has 0 spiro atoms. The minimum absolute atomic E-state index is 0.00418. The quantitative estimate of drug-likeness (QED) is 0.775. The van der Waals surface area contributed by atoms with E-state index in [1.807, 2.05) is 35.4 Å². The molecule has 1 fully saturated rings. The number of hydrogen-bond donors (Lipinski definition) is 0. The molecule has 2 aliphatic heterocycles. The molecule has 1 amide bonds. The molecule has 2 aliphatic rings. The maximum absolute atomic E-state index is 12.5. The number of nitrogens with zero attached hydrogens (tertiary/aromatic N) is 2. The van der Waals surface area contributed by atoms with Crippen molar-refractivity contribution < 1.29 is 19.3 Å². The number of rotatable bonds is 3. The number of carbonyl (C=O) groups is 1. The Morgan fingerprint density at radius 1 is 1.15 bits per heavy atom. The van der Waals surface area contributed by atoms with E-state index >= 15 is 0 Å². The van der Waals surface area contributed by atoms with Gasteiger partial charge in [-0.1, -0.05) is 17.7 Å². The largest absolute Gasteiger partial charge is 0.454 e. The summed E-state index contributed by atoms with van der Waals surface area (Å²) in [5.41, 5.74) is 0.810. The van der Waals surface area contributed by atoms with Crippen molar-refractivity contribution in [2.24, 2.45) is 0 Å². The molecule has 7 heteroatoms. The van der Waals surface area contributed by atoms with Crippen LogP contribution in [0.25, 0.3) is 6.08 Å². The third kappa shape index (κ3) is 3.46. The van der Waals surface area contributed by atoms with Crippen molar-refractivity contribution in [1.82, 2.24) is 4.90 Å². The van der Waals surface area contributed by atoms with Crippen LogP contribution in [0, 0.1) is 0 Å². The van der Waals surface area contributed by atoms with Gasteiger partial charge in [0, 0.05) is 12.1 Å². The van der Waals surface area contributed by atoms with Crippen molar-refractivity contribution in [3.8, 4) is 11.5 Å². The molecule has 26 heavy (non-hydrogen) atoms. The summed E-state index contributed by atoms with van der Waals surface area (Å²) in [7, 11) is 0. The van der Waals surface area contributed by atoms with Gasteiger partial charge in [0.1, 0.15) is 13.1 Å². The van der Waals surface area contributed by atoms with Crippen LogP contribution in [0.5, 0.6) is 11.5 Å². The Bertz CT molecular complexity index is 833. The van der Waals surface area contributed by atoms with E-state index in [1.165, 1.54) is 0 Å². The average Bonchev–Trinajstić information content (AvgIpc) is 3.16. The Labute approximate surface area is 156 Å². The molecule has 1 aromatic heterocycles. The van der Waals surface area contributed by atoms with Crippen LogP contribution in [-0.4, -0.2) is 43.8 Å². The van der Waals surface area contributed by atoms with Gasteiger partial charge in [-0.3, -0.25) is 9.69 Å². The lowest BCUT2D eigenvalue weighted by Gasteiger charge is -2.30. The number of pyridine rings is 1. The molecule has 0 bridgehead atoms. The highest BCUT2D eigenvalue weighted by molar-refractivity contribution is 6.32. The number of hydrogen-bond acceptors (Lipinski definition) is 4. The van der Waals surface area contributed by atoms with E-state index in [2.05, 4.69) is 9.88 Å². The first kappa shape index (κ1) is 16.7. The molecule has 0 radical (unpaired) electrons. The molecule has 2 aromatic rings. The normalized spacial score (nSPS) is 16.3. The van der Waals surface area contributed by atoms with Crippen molar-refractivity contribution in [2.75, 3.05) is 37.9 Å². The van der Waals surface area contributed by atoms with Gasteiger partial charge in [-0.25, -0.2) is 4.98 Å². The summed E-state index contributed by atoms with van der Waals surface area (Å²) in [4.78, 5) is 19.8. The highest BCUT2D eigenvalue weighted by Gasteiger charge is 2.25. The summed E-state index contributed by atoms with van der Waals surface area (Å²) in [5, 5.41) is 0.486. The second-order valence-corrected chi connectivity index (χ2v) is 6.54. The molecule has 1 aromatic carbocycles. The lowest BCUT2D eigenvalue weighted by atomic mass is 10.2. The molecular weight excluding hydrogens is 354 g/mol. The third-order valence-electron chi connectivity index (χ3n) is 4.49. The number of aromatic amines is 1. The molecule has 1 saturated heterocycles. The van der Waals surface area contributed by atoms with E-state index in [0.29, 0.717) is 29.6 Å². The number of amides is 1. The summed E-state index contributed by atoms with van der Waals surface area (Å²) in [6, 6.07) is 9.59. The Morgan fingerprint density at radius 3 is 2.77 bits per heavy atom. The average molecular weight is 373 g/mol. The van der Waals surface area contributed by atoms with Crippen LogP contribution in [0.4, 0.5) is 5.82 Å². The summed E-state index contributed by atoms with van der Waals surface area (Å²) in [6.45, 7) is 3.15. The van der Waals surface area contributed by atoms with Gasteiger partial charge < -0.3 is 14.4 Å². The minimum atomic E-state index is -0.00418. The van der Waals surface area contributed by atoms with Crippen molar-refractivity contribution in [3.63, 3.8) is 0 Å². The molecule has 134 valence electrons. The fourth-order valence-electron chi connectivity index (χ4n) is 3.10. The highest BCUT2D eigenvalue weighted by atomic mass is 35.5. The second kappa shape index (κ2) is 7.25. The molecule has 0 saturated carbocycles. The fourth-order valence-corrected chi connectivity index (χ4v) is 3.38. The standard InChI is InChI=1S/C19H18ClN3O3/c20-15-11-14(12-16-19(15)26-13-25-16)4-5-18(24)23-9-7-22(8-10-23)17-3-1-2-6-21-17/h1-6,11-12H,7-10,13H2/p+1/b5-4+. The molecule has 4 rings (SSSR count). The van der Waals surface area contributed by atoms with Gasteiger partial charge in [-0.05, 0) is 29.8 Å². The monoisotopic (exact) mass is 372 g/mol. The predicted octanol–water partition coefficient (Wildman–Crippen LogP) is 2.24. The summed E-state index contributed by atoms with van der Waals surface area (Å²) in [6.07, 6.45) is 5.25. The Kier molecular flexibility index (Phi) is 4.67. The molecule has 3 heterocycles. The maximum Gasteiger partial charge on any atom is 0.274 e. The van der Waals surface area contributed by atoms with Crippen molar-refractivity contribution in [1.29, 1.82) is 0 Å². The van der Waals surface area contributed by atoms with Crippen LogP contribution in [0.3, 0.4) is 0 Å². The van der Waals surface area contributed by atoms with Gasteiger partial charge in [-0.15, -0.1) is 0 Å². The van der Waals surface area contributed by atoms with Crippen molar-refractivity contribution in [2.45, 2.75) is 0 Å². The molecule has 0 aliphatic carbocycles. The SMILES string of the molecule is O=C(/C=C/c1cc(Cl)c2c(c1)OCO2)N1CCN(c2cccc[nH+]2)CC1. The third-order valence-corrected chi connectivity index (χ3v) is 4.77. The number of anilines is 1. The first-order valence-electron chi connectivity index (χ1n) is 8.48. The number of fused-ring (bicyclic) bond motifs is 1. The van der Waals surface area contributed by atoms with Crippen LogP contribution in [0.1, 0.15) is 5.56 Å². The summed E-state index contributed by atoms with van der Waals surface area (Å²) >= 11 is 6.17.